The molecule has 0 amide bonds. The van der Waals surface area contributed by atoms with Gasteiger partial charge in [0.1, 0.15) is 36.6 Å². The molecule has 22 heteroatoms. The molecular weight excluding hydrogens is 1050 g/mol. The molecule has 2 heterocycles. The van der Waals surface area contributed by atoms with Crippen LogP contribution in [-0.2, 0) is 87.0 Å². The molecule has 0 unspecified atom stereocenters. The molecule has 6 aromatic carbocycles. The first-order valence-electron chi connectivity index (χ1n) is 27.1. The fourth-order valence-corrected chi connectivity index (χ4v) is 10.3. The minimum Gasteiger partial charge on any atom is -0.368 e. The standard InChI is InChI=1S/C60H64N12O10/c61-69-65-33-51-53(73-35-41-19-7-1-8-20-41)55(75-37-43-23-11-3-12-24-43)57(77-39-45-27-15-5-16-28-45)59(81-51)79-49-32-50(48(68-72-64)31-47(49)67-71-63)80-60-58(78-40-46-29-17-6-18-30-46)56(76-38-44-25-13-4-14-26-44)54(52(82-60)34-66-70-62)74-36-42-21-9-2-10-22-42/h1-30,47-60H,31-40H2/t47-,48-,49-,50-,51-,52-,53-,54-,55+,56+,57-,58-,59-,60+/m1/s1. The Morgan fingerprint density at radius 3 is 0.878 bits per heavy atom. The Hall–Kier alpha value is -7.84. The Morgan fingerprint density at radius 2 is 0.610 bits per heavy atom. The van der Waals surface area contributed by atoms with Gasteiger partial charge in [-0.25, -0.2) is 0 Å². The maximum absolute atomic E-state index is 10.1. The van der Waals surface area contributed by atoms with Crippen molar-refractivity contribution in [3.05, 3.63) is 257 Å². The summed E-state index contributed by atoms with van der Waals surface area (Å²) in [6.07, 6.45) is -12.2. The highest BCUT2D eigenvalue weighted by Crippen LogP contribution is 2.39. The van der Waals surface area contributed by atoms with Crippen LogP contribution in [0.3, 0.4) is 0 Å². The topological polar surface area (TPSA) is 287 Å². The lowest BCUT2D eigenvalue weighted by atomic mass is 9.86. The molecule has 9 rings (SSSR count). The Bertz CT molecular complexity index is 2850. The van der Waals surface area contributed by atoms with E-state index in [-0.39, 0.29) is 65.6 Å². The molecule has 424 valence electrons. The molecule has 1 saturated carbocycles. The predicted octanol–water partition coefficient (Wildman–Crippen LogP) is 12.5. The minimum absolute atomic E-state index is 0.0359. The summed E-state index contributed by atoms with van der Waals surface area (Å²) in [5, 5.41) is 16.3. The zero-order valence-corrected chi connectivity index (χ0v) is 44.9. The summed E-state index contributed by atoms with van der Waals surface area (Å²) in [6, 6.07) is 55.8. The van der Waals surface area contributed by atoms with Crippen molar-refractivity contribution < 1.29 is 47.4 Å². The molecule has 2 saturated heterocycles. The molecule has 0 aromatic heterocycles. The molecule has 82 heavy (non-hydrogen) atoms. The fraction of sp³-hybridized carbons (Fsp3) is 0.400. The third-order valence-corrected chi connectivity index (χ3v) is 14.4. The summed E-state index contributed by atoms with van der Waals surface area (Å²) in [6.45, 7) is 0.453. The van der Waals surface area contributed by atoms with Crippen LogP contribution in [0.2, 0.25) is 0 Å². The Morgan fingerprint density at radius 1 is 0.341 bits per heavy atom. The second kappa shape index (κ2) is 31.4. The van der Waals surface area contributed by atoms with E-state index in [0.29, 0.717) is 0 Å². The van der Waals surface area contributed by atoms with E-state index in [1.54, 1.807) is 0 Å². The minimum atomic E-state index is -1.28. The summed E-state index contributed by atoms with van der Waals surface area (Å²) in [4.78, 5) is 12.6. The molecule has 14 atom stereocenters. The molecule has 0 radical (unpaired) electrons. The number of nitrogens with zero attached hydrogens (tertiary/aromatic N) is 12. The monoisotopic (exact) mass is 1110 g/mol. The van der Waals surface area contributed by atoms with E-state index in [9.17, 15) is 22.1 Å². The van der Waals surface area contributed by atoms with Gasteiger partial charge in [0.05, 0.1) is 89.2 Å². The molecule has 6 aromatic rings. The largest absolute Gasteiger partial charge is 0.368 e. The van der Waals surface area contributed by atoms with Crippen LogP contribution in [0.15, 0.2) is 202 Å². The maximum atomic E-state index is 10.1. The van der Waals surface area contributed by atoms with Crippen molar-refractivity contribution in [1.82, 2.24) is 0 Å². The SMILES string of the molecule is [N-]=[N+]=NC[C@H]1O[C@H](O[C@@H]2C[C@@H](O[C@@H]3O[C@H](CN=[N+]=[N-])[C@@H](OCc4ccccc4)[C@H](OCc4ccccc4)[C@H]3OCc3ccccc3)[C@H](N=[N+]=[N-])C[C@H]2N=[N+]=[N-])[C@H](OCc2ccccc2)[C@@H](OCc2ccccc2)[C@@H]1OCc1ccccc1. The molecule has 3 aliphatic rings. The summed E-state index contributed by atoms with van der Waals surface area (Å²) < 4.78 is 68.8. The third kappa shape index (κ3) is 16.6. The van der Waals surface area contributed by atoms with E-state index < -0.39 is 85.7 Å². The lowest BCUT2D eigenvalue weighted by Gasteiger charge is -2.49. The first kappa shape index (κ1) is 58.8. The fourth-order valence-electron chi connectivity index (χ4n) is 10.3. The predicted molar refractivity (Wildman–Crippen MR) is 300 cm³/mol. The summed E-state index contributed by atoms with van der Waals surface area (Å²) >= 11 is 0. The smallest absolute Gasteiger partial charge is 0.187 e. The van der Waals surface area contributed by atoms with Gasteiger partial charge in [-0.3, -0.25) is 0 Å². The number of ether oxygens (including phenoxy) is 10. The van der Waals surface area contributed by atoms with Crippen LogP contribution in [-0.4, -0.2) is 98.8 Å². The first-order chi connectivity index (χ1) is 40.5. The van der Waals surface area contributed by atoms with E-state index >= 15 is 0 Å². The van der Waals surface area contributed by atoms with Crippen molar-refractivity contribution in [2.45, 2.75) is 138 Å². The molecule has 1 aliphatic carbocycles. The van der Waals surface area contributed by atoms with Gasteiger partial charge < -0.3 is 47.4 Å². The van der Waals surface area contributed by atoms with Crippen molar-refractivity contribution in [2.75, 3.05) is 13.1 Å². The van der Waals surface area contributed by atoms with Gasteiger partial charge in [-0.05, 0) is 61.9 Å². The van der Waals surface area contributed by atoms with Gasteiger partial charge in [-0.15, -0.1) is 0 Å². The van der Waals surface area contributed by atoms with Crippen molar-refractivity contribution in [1.29, 1.82) is 0 Å². The number of benzene rings is 6. The normalized spacial score (nSPS) is 26.9. The van der Waals surface area contributed by atoms with Crippen molar-refractivity contribution in [3.63, 3.8) is 0 Å². The van der Waals surface area contributed by atoms with Crippen molar-refractivity contribution in [3.8, 4) is 0 Å². The summed E-state index contributed by atoms with van der Waals surface area (Å²) in [5.74, 6) is 0. The van der Waals surface area contributed by atoms with Crippen LogP contribution in [0.4, 0.5) is 0 Å². The highest BCUT2D eigenvalue weighted by molar-refractivity contribution is 5.19. The van der Waals surface area contributed by atoms with Gasteiger partial charge in [0, 0.05) is 26.1 Å². The third-order valence-electron chi connectivity index (χ3n) is 14.4. The first-order valence-corrected chi connectivity index (χ1v) is 27.1. The molecule has 22 nitrogen and oxygen atoms in total. The number of hydrogen-bond acceptors (Lipinski definition) is 14. The van der Waals surface area contributed by atoms with E-state index in [0.717, 1.165) is 33.4 Å². The van der Waals surface area contributed by atoms with Crippen molar-refractivity contribution in [2.24, 2.45) is 20.5 Å². The molecule has 0 N–H and O–H groups in total. The van der Waals surface area contributed by atoms with Gasteiger partial charge in [0.15, 0.2) is 12.6 Å². The van der Waals surface area contributed by atoms with Crippen molar-refractivity contribution >= 4 is 0 Å². The van der Waals surface area contributed by atoms with Gasteiger partial charge in [0.2, 0.25) is 0 Å². The highest BCUT2D eigenvalue weighted by atomic mass is 16.7. The Labute approximate surface area is 474 Å². The molecule has 2 aliphatic heterocycles. The number of rotatable bonds is 28. The summed E-state index contributed by atoms with van der Waals surface area (Å²) in [5.41, 5.74) is 44.9. The second-order valence-corrected chi connectivity index (χ2v) is 19.8. The molecule has 0 spiro atoms. The van der Waals surface area contributed by atoms with Crippen LogP contribution in [0.1, 0.15) is 46.2 Å². The number of hydrogen-bond donors (Lipinski definition) is 0. The Kier molecular flexibility index (Phi) is 22.5. The van der Waals surface area contributed by atoms with Crippen LogP contribution in [0, 0.1) is 0 Å². The maximum Gasteiger partial charge on any atom is 0.187 e. The van der Waals surface area contributed by atoms with Crippen LogP contribution in [0.5, 0.6) is 0 Å². The average molecular weight is 1110 g/mol. The van der Waals surface area contributed by atoms with Crippen LogP contribution >= 0.6 is 0 Å². The number of azide groups is 4. The second-order valence-electron chi connectivity index (χ2n) is 19.8. The van der Waals surface area contributed by atoms with Crippen LogP contribution in [0.25, 0.3) is 41.8 Å². The Balaban J connectivity index is 1.07. The lowest BCUT2D eigenvalue weighted by molar-refractivity contribution is -0.343. The molecule has 3 fully saturated rings. The van der Waals surface area contributed by atoms with Crippen LogP contribution < -0.4 is 0 Å². The average Bonchev–Trinajstić information content (AvgIpc) is 3.67. The quantitative estimate of drug-likeness (QED) is 0.0254. The lowest BCUT2D eigenvalue weighted by Crippen LogP contribution is -2.63. The molecule has 0 bridgehead atoms. The van der Waals surface area contributed by atoms with E-state index in [1.807, 2.05) is 182 Å². The summed E-state index contributed by atoms with van der Waals surface area (Å²) in [7, 11) is 0. The van der Waals surface area contributed by atoms with Gasteiger partial charge in [0.25, 0.3) is 0 Å². The highest BCUT2D eigenvalue weighted by Gasteiger charge is 2.53. The molecular formula is C60H64N12O10. The zero-order valence-electron chi connectivity index (χ0n) is 44.9. The van der Waals surface area contributed by atoms with E-state index in [2.05, 4.69) is 40.1 Å². The van der Waals surface area contributed by atoms with E-state index in [4.69, 9.17) is 47.4 Å². The zero-order chi connectivity index (χ0) is 56.6. The van der Waals surface area contributed by atoms with Gasteiger partial charge in [-0.2, -0.15) is 0 Å². The van der Waals surface area contributed by atoms with E-state index in [1.165, 1.54) is 0 Å². The van der Waals surface area contributed by atoms with Gasteiger partial charge in [-0.1, -0.05) is 202 Å². The van der Waals surface area contributed by atoms with Gasteiger partial charge >= 0.3 is 0 Å².